The molecule has 0 heterocycles. The summed E-state index contributed by atoms with van der Waals surface area (Å²) in [5.41, 5.74) is 6.16. The molecule has 6 heteroatoms. The first-order valence-electron chi connectivity index (χ1n) is 6.84. The summed E-state index contributed by atoms with van der Waals surface area (Å²) in [5.74, 6) is -0.0232. The Morgan fingerprint density at radius 1 is 1.25 bits per heavy atom. The van der Waals surface area contributed by atoms with Crippen LogP contribution in [-0.4, -0.2) is 40.0 Å². The van der Waals surface area contributed by atoms with E-state index >= 15 is 0 Å². The third kappa shape index (κ3) is 5.48. The molecule has 0 aliphatic rings. The van der Waals surface area contributed by atoms with E-state index in [1.807, 2.05) is 32.0 Å². The smallest absolute Gasteiger partial charge is 0.237 e. The molecule has 0 unspecified atom stereocenters. The van der Waals surface area contributed by atoms with Crippen molar-refractivity contribution in [2.24, 2.45) is 5.73 Å². The summed E-state index contributed by atoms with van der Waals surface area (Å²) in [5, 5.41) is 0. The summed E-state index contributed by atoms with van der Waals surface area (Å²) in [6, 6.07) is 9.09. The van der Waals surface area contributed by atoms with E-state index in [0.29, 0.717) is 25.2 Å². The van der Waals surface area contributed by atoms with Gasteiger partial charge in [-0.3, -0.25) is 4.31 Å². The fourth-order valence-corrected chi connectivity index (χ4v) is 3.13. The molecule has 114 valence electrons. The van der Waals surface area contributed by atoms with Gasteiger partial charge in [-0.05, 0) is 38.9 Å². The molecule has 0 amide bonds. The molecule has 0 saturated heterocycles. The highest BCUT2D eigenvalue weighted by Crippen LogP contribution is 2.18. The number of sulfonamides is 1. The van der Waals surface area contributed by atoms with Gasteiger partial charge >= 0.3 is 0 Å². The summed E-state index contributed by atoms with van der Waals surface area (Å²) in [6.45, 7) is 4.82. The number of nitrogens with two attached hydrogens (primary N) is 1. The minimum atomic E-state index is -3.39. The van der Waals surface area contributed by atoms with Gasteiger partial charge in [-0.25, -0.2) is 8.42 Å². The second kappa shape index (κ2) is 8.24. The van der Waals surface area contributed by atoms with Gasteiger partial charge in [0.15, 0.2) is 0 Å². The highest BCUT2D eigenvalue weighted by Gasteiger charge is 2.21. The van der Waals surface area contributed by atoms with E-state index in [1.54, 1.807) is 12.1 Å². The molecule has 2 N–H and O–H groups in total. The van der Waals surface area contributed by atoms with Gasteiger partial charge in [-0.15, -0.1) is 0 Å². The maximum absolute atomic E-state index is 12.4. The molecule has 0 saturated carbocycles. The van der Waals surface area contributed by atoms with Gasteiger partial charge in [0.2, 0.25) is 10.0 Å². The van der Waals surface area contributed by atoms with Crippen LogP contribution < -0.4 is 10.0 Å². The zero-order chi connectivity index (χ0) is 15.0. The average Bonchev–Trinajstić information content (AvgIpc) is 2.39. The lowest BCUT2D eigenvalue weighted by Crippen LogP contribution is -2.36. The number of ether oxygens (including phenoxy) is 1. The number of benzene rings is 1. The quantitative estimate of drug-likeness (QED) is 0.752. The van der Waals surface area contributed by atoms with Gasteiger partial charge in [0.25, 0.3) is 0 Å². The first-order chi connectivity index (χ1) is 9.47. The molecule has 0 spiro atoms. The standard InChI is InChI=1S/C14H24N2O3S/c1-13(2)19-11-12-20(17,18)16(10-6-9-15)14-7-4-3-5-8-14/h3-5,7-8,13H,6,9-12,15H2,1-2H3. The monoisotopic (exact) mass is 300 g/mol. The summed E-state index contributed by atoms with van der Waals surface area (Å²) >= 11 is 0. The Kier molecular flexibility index (Phi) is 6.98. The number of anilines is 1. The van der Waals surface area contributed by atoms with Crippen LogP contribution in [0.15, 0.2) is 30.3 Å². The lowest BCUT2D eigenvalue weighted by Gasteiger charge is -2.24. The molecule has 1 aromatic carbocycles. The topological polar surface area (TPSA) is 72.6 Å². The SMILES string of the molecule is CC(C)OCCS(=O)(=O)N(CCCN)c1ccccc1. The van der Waals surface area contributed by atoms with E-state index < -0.39 is 10.0 Å². The zero-order valence-corrected chi connectivity index (χ0v) is 13.0. The molecule has 5 nitrogen and oxygen atoms in total. The molecule has 1 rings (SSSR count). The Labute approximate surface area is 121 Å². The molecule has 0 atom stereocenters. The molecule has 0 fully saturated rings. The van der Waals surface area contributed by atoms with Crippen molar-refractivity contribution in [3.8, 4) is 0 Å². The van der Waals surface area contributed by atoms with Crippen LogP contribution in [0.25, 0.3) is 0 Å². The maximum atomic E-state index is 12.4. The molecular weight excluding hydrogens is 276 g/mol. The van der Waals surface area contributed by atoms with Crippen molar-refractivity contribution < 1.29 is 13.2 Å². The van der Waals surface area contributed by atoms with Crippen molar-refractivity contribution >= 4 is 15.7 Å². The molecule has 0 bridgehead atoms. The number of rotatable bonds is 9. The van der Waals surface area contributed by atoms with Crippen molar-refractivity contribution in [3.05, 3.63) is 30.3 Å². The Balaban J connectivity index is 2.81. The number of para-hydroxylation sites is 1. The van der Waals surface area contributed by atoms with Crippen LogP contribution in [0.4, 0.5) is 5.69 Å². The molecule has 0 aliphatic carbocycles. The minimum Gasteiger partial charge on any atom is -0.378 e. The highest BCUT2D eigenvalue weighted by molar-refractivity contribution is 7.92. The second-order valence-electron chi connectivity index (χ2n) is 4.79. The predicted molar refractivity (Wildman–Crippen MR) is 82.3 cm³/mol. The van der Waals surface area contributed by atoms with Crippen molar-refractivity contribution in [1.29, 1.82) is 0 Å². The van der Waals surface area contributed by atoms with Crippen molar-refractivity contribution in [2.75, 3.05) is 29.8 Å². The van der Waals surface area contributed by atoms with Gasteiger partial charge in [-0.1, -0.05) is 18.2 Å². The van der Waals surface area contributed by atoms with E-state index in [0.717, 1.165) is 0 Å². The van der Waals surface area contributed by atoms with Crippen LogP contribution in [0.2, 0.25) is 0 Å². The van der Waals surface area contributed by atoms with Crippen LogP contribution in [0.5, 0.6) is 0 Å². The minimum absolute atomic E-state index is 0.0232. The second-order valence-corrected chi connectivity index (χ2v) is 6.80. The van der Waals surface area contributed by atoms with E-state index in [4.69, 9.17) is 10.5 Å². The van der Waals surface area contributed by atoms with Crippen molar-refractivity contribution in [3.63, 3.8) is 0 Å². The first-order valence-corrected chi connectivity index (χ1v) is 8.45. The first kappa shape index (κ1) is 16.9. The summed E-state index contributed by atoms with van der Waals surface area (Å²) in [7, 11) is -3.39. The van der Waals surface area contributed by atoms with Crippen LogP contribution in [0.1, 0.15) is 20.3 Å². The van der Waals surface area contributed by atoms with Crippen molar-refractivity contribution in [2.45, 2.75) is 26.4 Å². The Bertz CT molecular complexity index is 474. The van der Waals surface area contributed by atoms with Crippen LogP contribution >= 0.6 is 0 Å². The highest BCUT2D eigenvalue weighted by atomic mass is 32.2. The van der Waals surface area contributed by atoms with Gasteiger partial charge in [0.05, 0.1) is 24.2 Å². The Morgan fingerprint density at radius 3 is 2.45 bits per heavy atom. The molecule has 1 aromatic rings. The zero-order valence-electron chi connectivity index (χ0n) is 12.2. The van der Waals surface area contributed by atoms with Gasteiger partial charge < -0.3 is 10.5 Å². The van der Waals surface area contributed by atoms with Crippen LogP contribution in [0, 0.1) is 0 Å². The Hall–Kier alpha value is -1.11. The van der Waals surface area contributed by atoms with Gasteiger partial charge in [0.1, 0.15) is 0 Å². The molecule has 0 radical (unpaired) electrons. The third-order valence-electron chi connectivity index (χ3n) is 2.74. The summed E-state index contributed by atoms with van der Waals surface area (Å²) < 4.78 is 31.6. The fraction of sp³-hybridized carbons (Fsp3) is 0.571. The van der Waals surface area contributed by atoms with E-state index in [1.165, 1.54) is 4.31 Å². The molecule has 0 aliphatic heterocycles. The largest absolute Gasteiger partial charge is 0.378 e. The number of nitrogens with zero attached hydrogens (tertiary/aromatic N) is 1. The number of hydrogen-bond acceptors (Lipinski definition) is 4. The normalized spacial score (nSPS) is 11.8. The lowest BCUT2D eigenvalue weighted by atomic mass is 10.3. The molecule has 20 heavy (non-hydrogen) atoms. The average molecular weight is 300 g/mol. The summed E-state index contributed by atoms with van der Waals surface area (Å²) in [4.78, 5) is 0. The molecular formula is C14H24N2O3S. The van der Waals surface area contributed by atoms with E-state index in [-0.39, 0.29) is 18.5 Å². The summed E-state index contributed by atoms with van der Waals surface area (Å²) in [6.07, 6.45) is 0.651. The predicted octanol–water partition coefficient (Wildman–Crippen LogP) is 1.60. The van der Waals surface area contributed by atoms with Gasteiger partial charge in [0, 0.05) is 6.54 Å². The Morgan fingerprint density at radius 2 is 1.90 bits per heavy atom. The molecule has 0 aromatic heterocycles. The maximum Gasteiger partial charge on any atom is 0.237 e. The van der Waals surface area contributed by atoms with Gasteiger partial charge in [-0.2, -0.15) is 0 Å². The van der Waals surface area contributed by atoms with Crippen molar-refractivity contribution in [1.82, 2.24) is 0 Å². The fourth-order valence-electron chi connectivity index (χ4n) is 1.76. The van der Waals surface area contributed by atoms with E-state index in [9.17, 15) is 8.42 Å². The van der Waals surface area contributed by atoms with E-state index in [2.05, 4.69) is 0 Å². The van der Waals surface area contributed by atoms with Crippen LogP contribution in [-0.2, 0) is 14.8 Å². The third-order valence-corrected chi connectivity index (χ3v) is 4.49. The van der Waals surface area contributed by atoms with Crippen LogP contribution in [0.3, 0.4) is 0 Å². The number of hydrogen-bond donors (Lipinski definition) is 1. The lowest BCUT2D eigenvalue weighted by molar-refractivity contribution is 0.0912.